The van der Waals surface area contributed by atoms with Crippen LogP contribution in [0.4, 0.5) is 4.39 Å². The predicted octanol–water partition coefficient (Wildman–Crippen LogP) is 2.39. The Balaban J connectivity index is 3.10. The Morgan fingerprint density at radius 2 is 2.23 bits per heavy atom. The summed E-state index contributed by atoms with van der Waals surface area (Å²) in [5, 5.41) is 8.41. The molecule has 0 aliphatic carbocycles. The van der Waals surface area contributed by atoms with Crippen molar-refractivity contribution >= 4 is 30.2 Å². The molecule has 0 unspecified atom stereocenters. The van der Waals surface area contributed by atoms with Gasteiger partial charge in [0.1, 0.15) is 0 Å². The molecule has 2 nitrogen and oxygen atoms in total. The van der Waals surface area contributed by atoms with Gasteiger partial charge >= 0.3 is 5.97 Å². The molecule has 0 aliphatic heterocycles. The molecule has 0 bridgehead atoms. The van der Waals surface area contributed by atoms with Gasteiger partial charge in [-0.25, -0.2) is 4.39 Å². The maximum atomic E-state index is 13.0. The van der Waals surface area contributed by atoms with E-state index in [-0.39, 0.29) is 16.3 Å². The van der Waals surface area contributed by atoms with Gasteiger partial charge in [-0.3, -0.25) is 4.79 Å². The molecule has 1 aromatic carbocycles. The maximum absolute atomic E-state index is 13.0. The first kappa shape index (κ1) is 10.3. The van der Waals surface area contributed by atoms with Crippen molar-refractivity contribution in [3.63, 3.8) is 0 Å². The minimum Gasteiger partial charge on any atom is -0.481 e. The summed E-state index contributed by atoms with van der Waals surface area (Å²) in [5.74, 6) is -1.71. The van der Waals surface area contributed by atoms with E-state index in [1.165, 1.54) is 12.1 Å². The third kappa shape index (κ3) is 2.35. The fourth-order valence-electron chi connectivity index (χ4n) is 0.885. The van der Waals surface area contributed by atoms with Gasteiger partial charge in [-0.2, -0.15) is 0 Å². The Hall–Kier alpha value is -0.740. The standard InChI is InChI=1S/C8H6ClFO2S/c9-5-2-1-4(3-6(11)12)8(13)7(5)10/h1-2,13H,3H2,(H,11,12). The lowest BCUT2D eigenvalue weighted by Gasteiger charge is -2.03. The summed E-state index contributed by atoms with van der Waals surface area (Å²) in [4.78, 5) is 10.3. The van der Waals surface area contributed by atoms with E-state index in [9.17, 15) is 9.18 Å². The van der Waals surface area contributed by atoms with Gasteiger partial charge in [-0.15, -0.1) is 12.6 Å². The molecule has 0 atom stereocenters. The van der Waals surface area contributed by atoms with Gasteiger partial charge in [0.2, 0.25) is 0 Å². The number of thiol groups is 1. The van der Waals surface area contributed by atoms with Crippen LogP contribution in [0.25, 0.3) is 0 Å². The summed E-state index contributed by atoms with van der Waals surface area (Å²) in [6.45, 7) is 0. The molecule has 0 aliphatic rings. The Morgan fingerprint density at radius 1 is 1.62 bits per heavy atom. The zero-order chi connectivity index (χ0) is 10.0. The average Bonchev–Trinajstić information content (AvgIpc) is 2.06. The van der Waals surface area contributed by atoms with Gasteiger partial charge in [0.05, 0.1) is 11.4 Å². The van der Waals surface area contributed by atoms with E-state index in [0.717, 1.165) is 0 Å². The molecule has 0 amide bonds. The normalized spacial score (nSPS) is 10.1. The van der Waals surface area contributed by atoms with E-state index in [2.05, 4.69) is 12.6 Å². The molecule has 1 N–H and O–H groups in total. The summed E-state index contributed by atoms with van der Waals surface area (Å²) in [7, 11) is 0. The summed E-state index contributed by atoms with van der Waals surface area (Å²) < 4.78 is 13.0. The second-order valence-corrected chi connectivity index (χ2v) is 3.29. The van der Waals surface area contributed by atoms with E-state index in [1.807, 2.05) is 0 Å². The van der Waals surface area contributed by atoms with E-state index in [0.29, 0.717) is 5.56 Å². The van der Waals surface area contributed by atoms with Crippen molar-refractivity contribution < 1.29 is 14.3 Å². The Morgan fingerprint density at radius 3 is 2.77 bits per heavy atom. The zero-order valence-corrected chi connectivity index (χ0v) is 8.07. The molecular formula is C8H6ClFO2S. The lowest BCUT2D eigenvalue weighted by molar-refractivity contribution is -0.136. The van der Waals surface area contributed by atoms with Crippen molar-refractivity contribution in [2.24, 2.45) is 0 Å². The molecule has 0 spiro atoms. The molecule has 0 heterocycles. The molecule has 5 heteroatoms. The van der Waals surface area contributed by atoms with Gasteiger partial charge in [-0.05, 0) is 11.6 Å². The van der Waals surface area contributed by atoms with Crippen LogP contribution < -0.4 is 0 Å². The van der Waals surface area contributed by atoms with Crippen LogP contribution in [0.2, 0.25) is 5.02 Å². The number of carboxylic acids is 1. The van der Waals surface area contributed by atoms with Crippen LogP contribution in [-0.4, -0.2) is 11.1 Å². The Kier molecular flexibility index (Phi) is 3.17. The van der Waals surface area contributed by atoms with E-state index in [4.69, 9.17) is 16.7 Å². The second kappa shape index (κ2) is 3.98. The van der Waals surface area contributed by atoms with Gasteiger partial charge in [0.15, 0.2) is 5.82 Å². The monoisotopic (exact) mass is 220 g/mol. The van der Waals surface area contributed by atoms with Crippen LogP contribution in [0, 0.1) is 5.82 Å². The lowest BCUT2D eigenvalue weighted by Crippen LogP contribution is -2.02. The molecule has 0 radical (unpaired) electrons. The van der Waals surface area contributed by atoms with Gasteiger partial charge in [0.25, 0.3) is 0 Å². The lowest BCUT2D eigenvalue weighted by atomic mass is 10.1. The zero-order valence-electron chi connectivity index (χ0n) is 6.42. The van der Waals surface area contributed by atoms with Crippen LogP contribution in [0.3, 0.4) is 0 Å². The van der Waals surface area contributed by atoms with E-state index < -0.39 is 11.8 Å². The third-order valence-electron chi connectivity index (χ3n) is 1.49. The molecule has 1 rings (SSSR count). The van der Waals surface area contributed by atoms with Crippen molar-refractivity contribution in [2.75, 3.05) is 0 Å². The summed E-state index contributed by atoms with van der Waals surface area (Å²) in [6.07, 6.45) is -0.257. The molecule has 13 heavy (non-hydrogen) atoms. The highest BCUT2D eigenvalue weighted by Gasteiger charge is 2.11. The van der Waals surface area contributed by atoms with Crippen LogP contribution in [0.1, 0.15) is 5.56 Å². The second-order valence-electron chi connectivity index (χ2n) is 2.44. The highest BCUT2D eigenvalue weighted by Crippen LogP contribution is 2.25. The number of hydrogen-bond donors (Lipinski definition) is 2. The number of aliphatic carboxylic acids is 1. The van der Waals surface area contributed by atoms with Gasteiger partial charge in [0, 0.05) is 4.90 Å². The van der Waals surface area contributed by atoms with Crippen molar-refractivity contribution in [2.45, 2.75) is 11.3 Å². The fourth-order valence-corrected chi connectivity index (χ4v) is 1.38. The van der Waals surface area contributed by atoms with Gasteiger partial charge < -0.3 is 5.11 Å². The molecule has 0 saturated carbocycles. The van der Waals surface area contributed by atoms with Crippen molar-refractivity contribution in [3.8, 4) is 0 Å². The number of benzene rings is 1. The molecule has 1 aromatic rings. The predicted molar refractivity (Wildman–Crippen MR) is 50.0 cm³/mol. The number of carboxylic acid groups (broad SMARTS) is 1. The summed E-state index contributed by atoms with van der Waals surface area (Å²) >= 11 is 9.28. The molecule has 70 valence electrons. The van der Waals surface area contributed by atoms with Crippen LogP contribution in [-0.2, 0) is 11.2 Å². The third-order valence-corrected chi connectivity index (χ3v) is 2.27. The van der Waals surface area contributed by atoms with Gasteiger partial charge in [-0.1, -0.05) is 17.7 Å². The number of halogens is 2. The minimum atomic E-state index is -1.03. The molecular weight excluding hydrogens is 215 g/mol. The van der Waals surface area contributed by atoms with Crippen LogP contribution >= 0.6 is 24.2 Å². The van der Waals surface area contributed by atoms with E-state index in [1.54, 1.807) is 0 Å². The first-order valence-corrected chi connectivity index (χ1v) is 4.22. The van der Waals surface area contributed by atoms with Crippen molar-refractivity contribution in [1.29, 1.82) is 0 Å². The number of hydrogen-bond acceptors (Lipinski definition) is 2. The number of carbonyl (C=O) groups is 1. The molecule has 0 aromatic heterocycles. The Bertz CT molecular complexity index is 354. The number of rotatable bonds is 2. The highest BCUT2D eigenvalue weighted by atomic mass is 35.5. The van der Waals surface area contributed by atoms with Crippen molar-refractivity contribution in [1.82, 2.24) is 0 Å². The van der Waals surface area contributed by atoms with Crippen LogP contribution in [0.5, 0.6) is 0 Å². The first-order chi connectivity index (χ1) is 6.02. The van der Waals surface area contributed by atoms with Crippen molar-refractivity contribution in [3.05, 3.63) is 28.5 Å². The SMILES string of the molecule is O=C(O)Cc1ccc(Cl)c(F)c1S. The first-order valence-electron chi connectivity index (χ1n) is 3.40. The van der Waals surface area contributed by atoms with E-state index >= 15 is 0 Å². The average molecular weight is 221 g/mol. The Labute approximate surface area is 84.7 Å². The molecule has 0 saturated heterocycles. The fraction of sp³-hybridized carbons (Fsp3) is 0.125. The topological polar surface area (TPSA) is 37.3 Å². The molecule has 0 fully saturated rings. The van der Waals surface area contributed by atoms with Crippen LogP contribution in [0.15, 0.2) is 17.0 Å². The summed E-state index contributed by atoms with van der Waals surface area (Å²) in [6, 6.07) is 2.76. The maximum Gasteiger partial charge on any atom is 0.307 e. The summed E-state index contributed by atoms with van der Waals surface area (Å²) in [5.41, 5.74) is 0.317. The smallest absolute Gasteiger partial charge is 0.307 e. The largest absolute Gasteiger partial charge is 0.481 e. The highest BCUT2D eigenvalue weighted by molar-refractivity contribution is 7.80. The minimum absolute atomic E-state index is 0.00472. The quantitative estimate of drug-likeness (QED) is 0.751.